The highest BCUT2D eigenvalue weighted by molar-refractivity contribution is 6.46. The zero-order valence-corrected chi connectivity index (χ0v) is 18.4. The van der Waals surface area contributed by atoms with Crippen molar-refractivity contribution in [2.24, 2.45) is 0 Å². The van der Waals surface area contributed by atoms with Crippen molar-refractivity contribution in [3.8, 4) is 11.5 Å². The summed E-state index contributed by atoms with van der Waals surface area (Å²) in [7, 11) is 1.54. The molecule has 1 fully saturated rings. The maximum Gasteiger partial charge on any atom is 0.295 e. The maximum atomic E-state index is 13.0. The first kappa shape index (κ1) is 24.0. The minimum atomic E-state index is -0.801. The summed E-state index contributed by atoms with van der Waals surface area (Å²) >= 11 is 0. The van der Waals surface area contributed by atoms with Crippen LogP contribution in [0.3, 0.4) is 0 Å². The van der Waals surface area contributed by atoms with Gasteiger partial charge in [-0.25, -0.2) is 0 Å². The number of aliphatic hydroxyl groups is 2. The Morgan fingerprint density at radius 3 is 2.33 bits per heavy atom. The number of carbonyl (C=O) groups excluding carboxylic acids is 2. The van der Waals surface area contributed by atoms with Crippen LogP contribution in [0.25, 0.3) is 5.76 Å². The number of carbonyl (C=O) groups is 2. The number of ether oxygens (including phenoxy) is 3. The predicted molar refractivity (Wildman–Crippen MR) is 122 cm³/mol. The van der Waals surface area contributed by atoms with Gasteiger partial charge in [-0.3, -0.25) is 9.59 Å². The molecule has 1 heterocycles. The fraction of sp³-hybridized carbons (Fsp3) is 0.280. The van der Waals surface area contributed by atoms with Crippen molar-refractivity contribution in [1.29, 1.82) is 0 Å². The minimum Gasteiger partial charge on any atom is -0.507 e. The van der Waals surface area contributed by atoms with E-state index < -0.39 is 17.7 Å². The lowest BCUT2D eigenvalue weighted by molar-refractivity contribution is -0.140. The number of Topliss-reactive ketones (excluding diaryl/α,β-unsaturated/α-hetero) is 1. The largest absolute Gasteiger partial charge is 0.507 e. The van der Waals surface area contributed by atoms with Crippen LogP contribution in [-0.4, -0.2) is 66.9 Å². The van der Waals surface area contributed by atoms with Crippen molar-refractivity contribution < 1.29 is 34.0 Å². The molecule has 1 aliphatic heterocycles. The van der Waals surface area contributed by atoms with Crippen LogP contribution in [0.15, 0.2) is 66.8 Å². The molecule has 1 saturated heterocycles. The summed E-state index contributed by atoms with van der Waals surface area (Å²) in [5.74, 6) is -0.571. The topological polar surface area (TPSA) is 106 Å². The summed E-state index contributed by atoms with van der Waals surface area (Å²) < 4.78 is 16.0. The van der Waals surface area contributed by atoms with E-state index in [0.29, 0.717) is 29.2 Å². The van der Waals surface area contributed by atoms with Crippen molar-refractivity contribution in [2.45, 2.75) is 6.04 Å². The van der Waals surface area contributed by atoms with Crippen LogP contribution in [0.2, 0.25) is 0 Å². The number of methoxy groups -OCH3 is 1. The third-order valence-electron chi connectivity index (χ3n) is 5.18. The number of hydrogen-bond acceptors (Lipinski definition) is 7. The molecule has 1 atom stereocenters. The van der Waals surface area contributed by atoms with Crippen molar-refractivity contribution >= 4 is 17.4 Å². The summed E-state index contributed by atoms with van der Waals surface area (Å²) in [4.78, 5) is 27.2. The third-order valence-corrected chi connectivity index (χ3v) is 5.18. The average Bonchev–Trinajstić information content (AvgIpc) is 3.10. The summed E-state index contributed by atoms with van der Waals surface area (Å²) in [6, 6.07) is 12.7. The number of nitrogens with zero attached hydrogens (tertiary/aromatic N) is 1. The first-order valence-corrected chi connectivity index (χ1v) is 10.5. The van der Waals surface area contributed by atoms with Crippen LogP contribution in [0.1, 0.15) is 17.2 Å². The molecule has 0 radical (unpaired) electrons. The normalized spacial score (nSPS) is 17.3. The number of amides is 1. The number of benzene rings is 2. The van der Waals surface area contributed by atoms with Gasteiger partial charge in [-0.15, -0.1) is 0 Å². The zero-order chi connectivity index (χ0) is 23.8. The van der Waals surface area contributed by atoms with Crippen LogP contribution >= 0.6 is 0 Å². The van der Waals surface area contributed by atoms with Crippen LogP contribution in [0.4, 0.5) is 0 Å². The average molecular weight is 453 g/mol. The Morgan fingerprint density at radius 2 is 1.73 bits per heavy atom. The second-order valence-electron chi connectivity index (χ2n) is 7.23. The van der Waals surface area contributed by atoms with E-state index >= 15 is 0 Å². The first-order chi connectivity index (χ1) is 16.0. The smallest absolute Gasteiger partial charge is 0.295 e. The van der Waals surface area contributed by atoms with Crippen LogP contribution in [0, 0.1) is 0 Å². The second kappa shape index (κ2) is 11.3. The molecular weight excluding hydrogens is 426 g/mol. The van der Waals surface area contributed by atoms with Crippen molar-refractivity contribution in [3.05, 3.63) is 77.9 Å². The van der Waals surface area contributed by atoms with Gasteiger partial charge in [0.1, 0.15) is 23.9 Å². The van der Waals surface area contributed by atoms with E-state index in [1.54, 1.807) is 61.7 Å². The molecule has 2 aromatic rings. The first-order valence-electron chi connectivity index (χ1n) is 10.5. The molecule has 8 heteroatoms. The van der Waals surface area contributed by atoms with Crippen molar-refractivity contribution in [2.75, 3.05) is 40.1 Å². The monoisotopic (exact) mass is 453 g/mol. The van der Waals surface area contributed by atoms with Gasteiger partial charge in [0.25, 0.3) is 11.7 Å². The quantitative estimate of drug-likeness (QED) is 0.177. The van der Waals surface area contributed by atoms with E-state index in [0.717, 1.165) is 0 Å². The molecule has 8 nitrogen and oxygen atoms in total. The number of hydrogen-bond donors (Lipinski definition) is 2. The molecule has 0 bridgehead atoms. The van der Waals surface area contributed by atoms with Gasteiger partial charge in [-0.1, -0.05) is 24.8 Å². The lowest BCUT2D eigenvalue weighted by atomic mass is 9.95. The molecular formula is C25H27NO7. The van der Waals surface area contributed by atoms with E-state index in [1.165, 1.54) is 4.90 Å². The van der Waals surface area contributed by atoms with Crippen LogP contribution < -0.4 is 9.47 Å². The zero-order valence-electron chi connectivity index (χ0n) is 18.4. The molecule has 3 rings (SSSR count). The number of rotatable bonds is 11. The number of ketones is 1. The lowest BCUT2D eigenvalue weighted by Gasteiger charge is -2.25. The van der Waals surface area contributed by atoms with Gasteiger partial charge in [0.05, 0.1) is 38.5 Å². The second-order valence-corrected chi connectivity index (χ2v) is 7.23. The summed E-state index contributed by atoms with van der Waals surface area (Å²) in [6.07, 6.45) is 1.62. The summed E-state index contributed by atoms with van der Waals surface area (Å²) in [5.41, 5.74) is 1.02. The van der Waals surface area contributed by atoms with Gasteiger partial charge >= 0.3 is 0 Å². The SMILES string of the molecule is C=CCOc1ccc(C(O)=C2C(=O)C(=O)N(CCOCCO)[C@H]2c2ccc(OC)cc2)cc1. The molecule has 2 N–H and O–H groups in total. The Labute approximate surface area is 192 Å². The van der Waals surface area contributed by atoms with E-state index in [1.807, 2.05) is 0 Å². The standard InChI is InChI=1S/C25H27NO7/c1-3-14-33-20-10-6-18(7-11-20)23(28)21-22(17-4-8-19(31-2)9-5-17)26(25(30)24(21)29)12-15-32-16-13-27/h3-11,22,27-28H,1,12-16H2,2H3/t22-/m0/s1. The summed E-state index contributed by atoms with van der Waals surface area (Å²) in [5, 5.41) is 20.0. The van der Waals surface area contributed by atoms with Gasteiger partial charge in [0, 0.05) is 12.1 Å². The van der Waals surface area contributed by atoms with E-state index in [-0.39, 0.29) is 37.7 Å². The predicted octanol–water partition coefficient (Wildman–Crippen LogP) is 2.69. The molecule has 0 aliphatic carbocycles. The van der Waals surface area contributed by atoms with Gasteiger partial charge in [-0.05, 0) is 42.0 Å². The maximum absolute atomic E-state index is 13.0. The summed E-state index contributed by atoms with van der Waals surface area (Å²) in [6.45, 7) is 4.17. The van der Waals surface area contributed by atoms with Gasteiger partial charge < -0.3 is 29.3 Å². The molecule has 174 valence electrons. The highest BCUT2D eigenvalue weighted by Gasteiger charge is 2.45. The van der Waals surface area contributed by atoms with Crippen LogP contribution in [-0.2, 0) is 14.3 Å². The molecule has 0 unspecified atom stereocenters. The van der Waals surface area contributed by atoms with E-state index in [2.05, 4.69) is 6.58 Å². The highest BCUT2D eigenvalue weighted by atomic mass is 16.5. The Hall–Kier alpha value is -3.62. The van der Waals surface area contributed by atoms with E-state index in [9.17, 15) is 14.7 Å². The molecule has 0 spiro atoms. The molecule has 33 heavy (non-hydrogen) atoms. The van der Waals surface area contributed by atoms with Crippen molar-refractivity contribution in [1.82, 2.24) is 4.90 Å². The lowest BCUT2D eigenvalue weighted by Crippen LogP contribution is -2.33. The Morgan fingerprint density at radius 1 is 1.06 bits per heavy atom. The molecule has 1 amide bonds. The van der Waals surface area contributed by atoms with Crippen molar-refractivity contribution in [3.63, 3.8) is 0 Å². The van der Waals surface area contributed by atoms with Gasteiger partial charge in [0.2, 0.25) is 0 Å². The van der Waals surface area contributed by atoms with E-state index in [4.69, 9.17) is 19.3 Å². The number of likely N-dealkylation sites (tertiary alicyclic amines) is 1. The molecule has 1 aliphatic rings. The fourth-order valence-corrected chi connectivity index (χ4v) is 3.59. The van der Waals surface area contributed by atoms with Gasteiger partial charge in [-0.2, -0.15) is 0 Å². The molecule has 2 aromatic carbocycles. The van der Waals surface area contributed by atoms with Crippen LogP contribution in [0.5, 0.6) is 11.5 Å². The third kappa shape index (κ3) is 5.42. The van der Waals surface area contributed by atoms with Gasteiger partial charge in [0.15, 0.2) is 0 Å². The minimum absolute atomic E-state index is 0.00733. The Kier molecular flexibility index (Phi) is 8.23. The number of aliphatic hydroxyl groups excluding tert-OH is 2. The highest BCUT2D eigenvalue weighted by Crippen LogP contribution is 2.39. The molecule has 0 saturated carbocycles. The Balaban J connectivity index is 2.00. The molecule has 0 aromatic heterocycles. The fourth-order valence-electron chi connectivity index (χ4n) is 3.59. The Bertz CT molecular complexity index is 1010.